The first-order valence-corrected chi connectivity index (χ1v) is 23.8. The summed E-state index contributed by atoms with van der Waals surface area (Å²) >= 11 is 0. The second-order valence-corrected chi connectivity index (χ2v) is 22.8. The number of allylic oxidation sites excluding steroid dienone is 2. The Morgan fingerprint density at radius 3 is 1.95 bits per heavy atom. The summed E-state index contributed by atoms with van der Waals surface area (Å²) in [6, 6.07) is 0. The van der Waals surface area contributed by atoms with Crippen molar-refractivity contribution in [1.29, 1.82) is 0 Å². The molecule has 3 heterocycles. The van der Waals surface area contributed by atoms with Gasteiger partial charge in [-0.25, -0.2) is 0 Å². The molecule has 0 spiro atoms. The number of ether oxygens (including phenoxy) is 6. The normalized spacial score (nSPS) is 52.4. The van der Waals surface area contributed by atoms with E-state index in [-0.39, 0.29) is 33.7 Å². The van der Waals surface area contributed by atoms with Crippen molar-refractivity contribution in [1.82, 2.24) is 0 Å². The van der Waals surface area contributed by atoms with Gasteiger partial charge in [0, 0.05) is 0 Å². The van der Waals surface area contributed by atoms with Gasteiger partial charge in [0.1, 0.15) is 67.1 Å². The number of fused-ring (bicyclic) bond motifs is 6. The molecule has 5 aliphatic carbocycles. The highest BCUT2D eigenvalue weighted by Crippen LogP contribution is 2.72. The van der Waals surface area contributed by atoms with Crippen molar-refractivity contribution in [3.05, 3.63) is 11.1 Å². The van der Waals surface area contributed by atoms with Crippen molar-refractivity contribution in [3.63, 3.8) is 0 Å². The molecule has 17 heteroatoms. The fourth-order valence-corrected chi connectivity index (χ4v) is 14.5. The summed E-state index contributed by atoms with van der Waals surface area (Å²) in [6.45, 7) is 14.4. The Hall–Kier alpha value is -1.39. The molecule has 17 nitrogen and oxygen atoms in total. The first kappa shape index (κ1) is 49.0. The van der Waals surface area contributed by atoms with Gasteiger partial charge in [0.2, 0.25) is 6.29 Å². The maximum Gasteiger partial charge on any atom is 0.315 e. The molecule has 22 atom stereocenters. The molecule has 8 rings (SSSR count). The Bertz CT molecular complexity index is 1740. The number of aliphatic hydroxyl groups excluding tert-OH is 10. The fourth-order valence-electron chi connectivity index (χ4n) is 14.5. The van der Waals surface area contributed by atoms with E-state index < -0.39 is 117 Å². The lowest BCUT2D eigenvalue weighted by Gasteiger charge is -2.67. The Labute approximate surface area is 376 Å². The molecule has 366 valence electrons. The molecule has 0 amide bonds. The van der Waals surface area contributed by atoms with Crippen LogP contribution in [0.3, 0.4) is 0 Å². The zero-order valence-corrected chi connectivity index (χ0v) is 38.5. The molecule has 0 aromatic carbocycles. The van der Waals surface area contributed by atoms with E-state index >= 15 is 0 Å². The van der Waals surface area contributed by atoms with Gasteiger partial charge < -0.3 is 79.5 Å². The summed E-state index contributed by atoms with van der Waals surface area (Å²) in [4.78, 5) is 14.8. The smallest absolute Gasteiger partial charge is 0.315 e. The molecular formula is C47H76O17. The number of hydrogen-bond donors (Lipinski definition) is 10. The van der Waals surface area contributed by atoms with Crippen molar-refractivity contribution in [2.24, 2.45) is 44.8 Å². The highest BCUT2D eigenvalue weighted by Gasteiger charge is 2.66. The Morgan fingerprint density at radius 1 is 0.641 bits per heavy atom. The van der Waals surface area contributed by atoms with E-state index in [0.717, 1.165) is 57.8 Å². The fraction of sp³-hybridized carbons (Fsp3) is 0.936. The van der Waals surface area contributed by atoms with Crippen molar-refractivity contribution in [2.45, 2.75) is 217 Å². The van der Waals surface area contributed by atoms with Gasteiger partial charge >= 0.3 is 5.97 Å². The topological polar surface area (TPSA) is 275 Å². The first-order chi connectivity index (χ1) is 29.9. The Balaban J connectivity index is 0.996. The lowest BCUT2D eigenvalue weighted by molar-refractivity contribution is -0.328. The van der Waals surface area contributed by atoms with Gasteiger partial charge in [-0.05, 0) is 117 Å². The summed E-state index contributed by atoms with van der Waals surface area (Å²) in [7, 11) is 0. The SMILES string of the molecule is C[C@@H]1O[C@@H](O[C@H]2CC[C@]3(C)[C@H]4CCC5=C(CC[C@@]6(C(=O)O[C@@H]7O[C@H](CO[C@@H]8O[C@H](CO)[C@@H](O)[C@H](O)[C@H]8O)[C@@H](O)[C@H](O)[C@H]7O)CCC(C)(C)C[C@@H]56)[C@]4(C)CC[C@H]3C2(C)C)[C@H](O)[C@H](O)[C@H]1O. The van der Waals surface area contributed by atoms with Crippen LogP contribution in [0.2, 0.25) is 0 Å². The third-order valence-electron chi connectivity index (χ3n) is 18.4. The number of esters is 1. The minimum absolute atomic E-state index is 0.0217. The molecular weight excluding hydrogens is 836 g/mol. The molecule has 0 unspecified atom stereocenters. The number of rotatable bonds is 8. The summed E-state index contributed by atoms with van der Waals surface area (Å²) < 4.78 is 35.5. The lowest BCUT2D eigenvalue weighted by atomic mass is 9.38. The number of hydrogen-bond acceptors (Lipinski definition) is 17. The zero-order valence-electron chi connectivity index (χ0n) is 38.5. The molecule has 3 aliphatic heterocycles. The number of carbonyl (C=O) groups excluding carboxylic acids is 1. The third-order valence-corrected chi connectivity index (χ3v) is 18.4. The summed E-state index contributed by atoms with van der Waals surface area (Å²) in [6.07, 6.45) is -13.1. The molecule has 0 radical (unpaired) electrons. The van der Waals surface area contributed by atoms with Crippen LogP contribution in [0.25, 0.3) is 0 Å². The minimum atomic E-state index is -1.79. The van der Waals surface area contributed by atoms with Gasteiger partial charge in [-0.15, -0.1) is 0 Å². The summed E-state index contributed by atoms with van der Waals surface area (Å²) in [5, 5.41) is 105. The second kappa shape index (κ2) is 17.5. The van der Waals surface area contributed by atoms with E-state index in [9.17, 15) is 55.9 Å². The van der Waals surface area contributed by atoms with Gasteiger partial charge in [-0.3, -0.25) is 4.79 Å². The Morgan fingerprint density at radius 2 is 1.27 bits per heavy atom. The average molecular weight is 913 g/mol. The van der Waals surface area contributed by atoms with E-state index in [1.807, 2.05) is 0 Å². The molecule has 10 N–H and O–H groups in total. The van der Waals surface area contributed by atoms with Crippen molar-refractivity contribution in [2.75, 3.05) is 13.2 Å². The van der Waals surface area contributed by atoms with Crippen LogP contribution >= 0.6 is 0 Å². The van der Waals surface area contributed by atoms with Crippen LogP contribution in [0.4, 0.5) is 0 Å². The molecule has 3 saturated carbocycles. The number of aliphatic hydroxyl groups is 10. The highest BCUT2D eigenvalue weighted by molar-refractivity contribution is 5.79. The summed E-state index contributed by atoms with van der Waals surface area (Å²) in [5.74, 6) is 0.0488. The minimum Gasteiger partial charge on any atom is -0.432 e. The van der Waals surface area contributed by atoms with Crippen LogP contribution in [-0.4, -0.2) is 168 Å². The van der Waals surface area contributed by atoms with Gasteiger partial charge in [0.05, 0.1) is 30.8 Å². The lowest BCUT2D eigenvalue weighted by Crippen LogP contribution is -2.63. The Kier molecular flexibility index (Phi) is 13.4. The molecule has 3 saturated heterocycles. The first-order valence-electron chi connectivity index (χ1n) is 23.8. The zero-order chi connectivity index (χ0) is 46.6. The number of carbonyl (C=O) groups is 1. The second-order valence-electron chi connectivity index (χ2n) is 22.8. The third kappa shape index (κ3) is 7.95. The maximum atomic E-state index is 14.8. The molecule has 8 aliphatic rings. The van der Waals surface area contributed by atoms with Crippen LogP contribution in [0.1, 0.15) is 119 Å². The van der Waals surface area contributed by atoms with Crippen LogP contribution in [0.5, 0.6) is 0 Å². The molecule has 0 aromatic rings. The van der Waals surface area contributed by atoms with Gasteiger partial charge in [-0.1, -0.05) is 52.7 Å². The monoisotopic (exact) mass is 913 g/mol. The van der Waals surface area contributed by atoms with Crippen LogP contribution in [-0.2, 0) is 33.2 Å². The van der Waals surface area contributed by atoms with E-state index in [4.69, 9.17) is 28.4 Å². The van der Waals surface area contributed by atoms with E-state index in [2.05, 4.69) is 41.5 Å². The predicted molar refractivity (Wildman–Crippen MR) is 224 cm³/mol. The van der Waals surface area contributed by atoms with Gasteiger partial charge in [0.15, 0.2) is 12.6 Å². The van der Waals surface area contributed by atoms with Crippen LogP contribution < -0.4 is 0 Å². The molecule has 6 fully saturated rings. The van der Waals surface area contributed by atoms with Crippen LogP contribution in [0.15, 0.2) is 11.1 Å². The predicted octanol–water partition coefficient (Wildman–Crippen LogP) is 0.922. The van der Waals surface area contributed by atoms with E-state index in [1.165, 1.54) is 11.1 Å². The average Bonchev–Trinajstić information content (AvgIpc) is 3.24. The molecule has 0 bridgehead atoms. The molecule has 64 heavy (non-hydrogen) atoms. The van der Waals surface area contributed by atoms with Crippen LogP contribution in [0, 0.1) is 44.8 Å². The summed E-state index contributed by atoms with van der Waals surface area (Å²) in [5.41, 5.74) is 1.44. The molecule has 0 aromatic heterocycles. The van der Waals surface area contributed by atoms with E-state index in [0.29, 0.717) is 24.7 Å². The standard InChI is InChI=1S/C47H76O17/c1-21-30(49)33(52)37(56)40(60-21)63-29-12-14-46(7)27(44(29,4)5)11-13-45(6)23-10-15-47(17-16-43(2,3)18-24(47)22(23)8-9-28(45)46)42(58)64-41-38(57)35(54)32(51)26(62-41)20-59-39-36(55)34(53)31(50)25(19-48)61-39/h21,24-41,48-57H,8-20H2,1-7H3/t21-,24-,25+,26+,27-,28-,29-,30-,31+,32+,33+,34-,35-,36+,37+,38+,39+,40-,41-,45-,46-,47+/m0/s1. The van der Waals surface area contributed by atoms with Crippen molar-refractivity contribution >= 4 is 5.97 Å². The maximum absolute atomic E-state index is 14.8. The van der Waals surface area contributed by atoms with E-state index in [1.54, 1.807) is 6.92 Å². The highest BCUT2D eigenvalue weighted by atomic mass is 16.7. The van der Waals surface area contributed by atoms with Crippen molar-refractivity contribution in [3.8, 4) is 0 Å². The quantitative estimate of drug-likeness (QED) is 0.0922. The van der Waals surface area contributed by atoms with Gasteiger partial charge in [0.25, 0.3) is 0 Å². The van der Waals surface area contributed by atoms with Gasteiger partial charge in [-0.2, -0.15) is 0 Å². The largest absolute Gasteiger partial charge is 0.432 e. The van der Waals surface area contributed by atoms with Crippen molar-refractivity contribution < 1.29 is 84.3 Å².